The summed E-state index contributed by atoms with van der Waals surface area (Å²) in [7, 11) is -2.78. The topological polar surface area (TPSA) is 60.9 Å². The fourth-order valence-corrected chi connectivity index (χ4v) is 4.49. The van der Waals surface area contributed by atoms with Gasteiger partial charge in [-0.2, -0.15) is 0 Å². The van der Waals surface area contributed by atoms with Gasteiger partial charge in [0.2, 0.25) is 0 Å². The van der Waals surface area contributed by atoms with E-state index >= 15 is 0 Å². The summed E-state index contributed by atoms with van der Waals surface area (Å²) in [5.41, 5.74) is 0. The van der Waals surface area contributed by atoms with Crippen LogP contribution in [0.15, 0.2) is 12.7 Å². The molecule has 1 N–H and O–H groups in total. The molecule has 2 rings (SSSR count). The molecule has 0 radical (unpaired) electrons. The average Bonchev–Trinajstić information content (AvgIpc) is 2.46. The molecule has 0 spiro atoms. The van der Waals surface area contributed by atoms with E-state index in [1.165, 1.54) is 0 Å². The first-order valence-corrected chi connectivity index (χ1v) is 9.78. The molecule has 2 heterocycles. The van der Waals surface area contributed by atoms with Gasteiger partial charge in [-0.15, -0.1) is 6.58 Å². The fourth-order valence-electron chi connectivity index (χ4n) is 3.26. The van der Waals surface area contributed by atoms with Crippen molar-refractivity contribution in [3.63, 3.8) is 0 Å². The van der Waals surface area contributed by atoms with E-state index in [2.05, 4.69) is 16.4 Å². The number of sulfone groups is 1. The lowest BCUT2D eigenvalue weighted by Gasteiger charge is -2.40. The number of aliphatic hydroxyl groups excluding tert-OH is 1. The summed E-state index contributed by atoms with van der Waals surface area (Å²) < 4.78 is 22.9. The van der Waals surface area contributed by atoms with Crippen LogP contribution in [0.5, 0.6) is 0 Å². The van der Waals surface area contributed by atoms with Gasteiger partial charge in [-0.3, -0.25) is 4.90 Å². The van der Waals surface area contributed by atoms with Gasteiger partial charge in [0.1, 0.15) is 0 Å². The third-order valence-corrected chi connectivity index (χ3v) is 6.23. The summed E-state index contributed by atoms with van der Waals surface area (Å²) in [4.78, 5) is 4.66. The van der Waals surface area contributed by atoms with Gasteiger partial charge in [-0.05, 0) is 38.8 Å². The number of hydrogen-bond acceptors (Lipinski definition) is 5. The Bertz CT molecular complexity index is 416. The quantitative estimate of drug-likeness (QED) is 0.724. The van der Waals surface area contributed by atoms with Crippen molar-refractivity contribution in [1.29, 1.82) is 0 Å². The Labute approximate surface area is 128 Å². The van der Waals surface area contributed by atoms with Gasteiger partial charge in [0.15, 0.2) is 9.84 Å². The maximum absolute atomic E-state index is 11.5. The summed E-state index contributed by atoms with van der Waals surface area (Å²) in [6.07, 6.45) is 5.38. The third-order valence-electron chi connectivity index (χ3n) is 4.63. The van der Waals surface area contributed by atoms with Crippen molar-refractivity contribution < 1.29 is 13.5 Å². The smallest absolute Gasteiger partial charge is 0.152 e. The van der Waals surface area contributed by atoms with E-state index in [0.29, 0.717) is 30.6 Å². The summed E-state index contributed by atoms with van der Waals surface area (Å²) in [6, 6.07) is 0.516. The second-order valence-corrected chi connectivity index (χ2v) is 8.54. The average molecular weight is 316 g/mol. The summed E-state index contributed by atoms with van der Waals surface area (Å²) in [5, 5.41) is 9.94. The second-order valence-electron chi connectivity index (χ2n) is 6.24. The standard InChI is InChI=1S/C15H28N2O3S/c1-2-3-4-15(18)13-16-7-5-14(6-8-16)17-9-11-21(19,20)12-10-17/h2,14-15,18H,1,3-13H2. The number of piperidine rings is 1. The molecule has 0 amide bonds. The largest absolute Gasteiger partial charge is 0.392 e. The maximum atomic E-state index is 11.5. The zero-order chi connectivity index (χ0) is 15.3. The zero-order valence-corrected chi connectivity index (χ0v) is 13.6. The van der Waals surface area contributed by atoms with Crippen LogP contribution in [0.25, 0.3) is 0 Å². The molecule has 1 unspecified atom stereocenters. The van der Waals surface area contributed by atoms with Crippen LogP contribution in [0.3, 0.4) is 0 Å². The number of aliphatic hydroxyl groups is 1. The van der Waals surface area contributed by atoms with Crippen LogP contribution in [-0.4, -0.2) is 79.7 Å². The molecular formula is C15H28N2O3S. The Kier molecular flexibility index (Phi) is 6.22. The second kappa shape index (κ2) is 7.72. The number of rotatable bonds is 6. The predicted molar refractivity (Wildman–Crippen MR) is 85.1 cm³/mol. The first kappa shape index (κ1) is 16.9. The van der Waals surface area contributed by atoms with Crippen LogP contribution in [0.1, 0.15) is 25.7 Å². The van der Waals surface area contributed by atoms with Gasteiger partial charge in [0.05, 0.1) is 17.6 Å². The van der Waals surface area contributed by atoms with Gasteiger partial charge >= 0.3 is 0 Å². The Hall–Kier alpha value is -0.430. The predicted octanol–water partition coefficient (Wildman–Crippen LogP) is 0.508. The molecule has 0 aromatic carbocycles. The third kappa shape index (κ3) is 5.36. The lowest BCUT2D eigenvalue weighted by molar-refractivity contribution is 0.0666. The highest BCUT2D eigenvalue weighted by molar-refractivity contribution is 7.91. The van der Waals surface area contributed by atoms with E-state index in [1.807, 2.05) is 6.08 Å². The molecule has 6 heteroatoms. The van der Waals surface area contributed by atoms with Crippen LogP contribution < -0.4 is 0 Å². The van der Waals surface area contributed by atoms with Crippen molar-refractivity contribution in [1.82, 2.24) is 9.80 Å². The summed E-state index contributed by atoms with van der Waals surface area (Å²) in [6.45, 7) is 7.80. The Balaban J connectivity index is 1.70. The van der Waals surface area contributed by atoms with Crippen molar-refractivity contribution in [3.05, 3.63) is 12.7 Å². The lowest BCUT2D eigenvalue weighted by Crippen LogP contribution is -2.51. The molecule has 2 aliphatic heterocycles. The molecule has 122 valence electrons. The van der Waals surface area contributed by atoms with Crippen LogP contribution in [-0.2, 0) is 9.84 Å². The fraction of sp³-hybridized carbons (Fsp3) is 0.867. The van der Waals surface area contributed by atoms with Crippen molar-refractivity contribution in [2.75, 3.05) is 44.2 Å². The van der Waals surface area contributed by atoms with E-state index in [0.717, 1.165) is 45.3 Å². The molecule has 0 bridgehead atoms. The zero-order valence-electron chi connectivity index (χ0n) is 12.8. The number of β-amino-alcohol motifs (C(OH)–C–C–N with tert-alkyl or cyclic N) is 1. The molecule has 0 saturated carbocycles. The van der Waals surface area contributed by atoms with E-state index in [1.54, 1.807) is 0 Å². The van der Waals surface area contributed by atoms with Crippen molar-refractivity contribution in [3.8, 4) is 0 Å². The van der Waals surface area contributed by atoms with E-state index in [-0.39, 0.29) is 6.10 Å². The van der Waals surface area contributed by atoms with Gasteiger partial charge in [0.25, 0.3) is 0 Å². The highest BCUT2D eigenvalue weighted by Crippen LogP contribution is 2.19. The highest BCUT2D eigenvalue weighted by Gasteiger charge is 2.29. The first-order chi connectivity index (χ1) is 10.00. The maximum Gasteiger partial charge on any atom is 0.152 e. The number of hydrogen-bond donors (Lipinski definition) is 1. The van der Waals surface area contributed by atoms with Crippen molar-refractivity contribution in [2.24, 2.45) is 0 Å². The highest BCUT2D eigenvalue weighted by atomic mass is 32.2. The molecule has 0 aromatic heterocycles. The first-order valence-electron chi connectivity index (χ1n) is 7.96. The Morgan fingerprint density at radius 2 is 1.81 bits per heavy atom. The van der Waals surface area contributed by atoms with Crippen molar-refractivity contribution >= 4 is 9.84 Å². The SMILES string of the molecule is C=CCCC(O)CN1CCC(N2CCS(=O)(=O)CC2)CC1. The molecule has 2 saturated heterocycles. The van der Waals surface area contributed by atoms with Crippen LogP contribution >= 0.6 is 0 Å². The summed E-state index contributed by atoms with van der Waals surface area (Å²) in [5.74, 6) is 0.626. The van der Waals surface area contributed by atoms with E-state index in [4.69, 9.17) is 0 Å². The molecule has 21 heavy (non-hydrogen) atoms. The normalized spacial score (nSPS) is 26.5. The monoisotopic (exact) mass is 316 g/mol. The molecule has 2 fully saturated rings. The number of nitrogens with zero attached hydrogens (tertiary/aromatic N) is 2. The van der Waals surface area contributed by atoms with Crippen LogP contribution in [0, 0.1) is 0 Å². The molecule has 2 aliphatic rings. The molecule has 5 nitrogen and oxygen atoms in total. The van der Waals surface area contributed by atoms with Crippen molar-refractivity contribution in [2.45, 2.75) is 37.8 Å². The van der Waals surface area contributed by atoms with Gasteiger partial charge in [-0.1, -0.05) is 6.08 Å². The molecular weight excluding hydrogens is 288 g/mol. The summed E-state index contributed by atoms with van der Waals surface area (Å²) >= 11 is 0. The van der Waals surface area contributed by atoms with E-state index in [9.17, 15) is 13.5 Å². The molecule has 0 aromatic rings. The number of allylic oxidation sites excluding steroid dienone is 1. The Morgan fingerprint density at radius 3 is 2.38 bits per heavy atom. The number of likely N-dealkylation sites (tertiary alicyclic amines) is 1. The lowest BCUT2D eigenvalue weighted by atomic mass is 10.0. The van der Waals surface area contributed by atoms with Crippen LogP contribution in [0.4, 0.5) is 0 Å². The molecule has 1 atom stereocenters. The Morgan fingerprint density at radius 1 is 1.19 bits per heavy atom. The molecule has 0 aliphatic carbocycles. The van der Waals surface area contributed by atoms with Crippen LogP contribution in [0.2, 0.25) is 0 Å². The van der Waals surface area contributed by atoms with Gasteiger partial charge in [-0.25, -0.2) is 8.42 Å². The van der Waals surface area contributed by atoms with Gasteiger partial charge in [0, 0.05) is 25.7 Å². The minimum atomic E-state index is -2.78. The minimum Gasteiger partial charge on any atom is -0.392 e. The van der Waals surface area contributed by atoms with E-state index < -0.39 is 9.84 Å². The van der Waals surface area contributed by atoms with Gasteiger partial charge < -0.3 is 10.0 Å². The minimum absolute atomic E-state index is 0.264.